The zero-order chi connectivity index (χ0) is 6.69. The van der Waals surface area contributed by atoms with E-state index in [1.54, 1.807) is 0 Å². The summed E-state index contributed by atoms with van der Waals surface area (Å²) in [6, 6.07) is 0. The van der Waals surface area contributed by atoms with Crippen molar-refractivity contribution in [3.63, 3.8) is 0 Å². The van der Waals surface area contributed by atoms with Gasteiger partial charge in [-0.3, -0.25) is 4.99 Å². The second-order valence-corrected chi connectivity index (χ2v) is 2.23. The minimum atomic E-state index is 1.01. The number of nitrogens with zero attached hydrogens (tertiary/aromatic N) is 2. The zero-order valence-corrected chi connectivity index (χ0v) is 6.22. The third-order valence-corrected chi connectivity index (χ3v) is 1.73. The standard InChI is InChI=1S/C7H14N2/c1-3-7-8-5-6-9(7)4-2/h3-6H2,1-2H3. The van der Waals surface area contributed by atoms with E-state index in [0.717, 1.165) is 26.1 Å². The third kappa shape index (κ3) is 1.23. The highest BCUT2D eigenvalue weighted by Gasteiger charge is 2.11. The average Bonchev–Trinajstić information content (AvgIpc) is 2.33. The predicted octanol–water partition coefficient (Wildman–Crippen LogP) is 1.13. The zero-order valence-electron chi connectivity index (χ0n) is 6.22. The van der Waals surface area contributed by atoms with Crippen molar-refractivity contribution in [3.05, 3.63) is 0 Å². The van der Waals surface area contributed by atoms with Gasteiger partial charge in [-0.05, 0) is 6.92 Å². The first kappa shape index (κ1) is 6.59. The molecule has 0 atom stereocenters. The maximum absolute atomic E-state index is 4.35. The summed E-state index contributed by atoms with van der Waals surface area (Å²) < 4.78 is 0. The molecule has 52 valence electrons. The van der Waals surface area contributed by atoms with Crippen LogP contribution in [0.1, 0.15) is 20.3 Å². The minimum absolute atomic E-state index is 1.01. The van der Waals surface area contributed by atoms with Crippen molar-refractivity contribution in [2.75, 3.05) is 19.6 Å². The Kier molecular flexibility index (Phi) is 2.09. The lowest BCUT2D eigenvalue weighted by Gasteiger charge is -2.15. The number of likely N-dealkylation sites (N-methyl/N-ethyl adjacent to an activating group) is 1. The van der Waals surface area contributed by atoms with Crippen LogP contribution in [0.25, 0.3) is 0 Å². The van der Waals surface area contributed by atoms with Gasteiger partial charge >= 0.3 is 0 Å². The van der Waals surface area contributed by atoms with E-state index < -0.39 is 0 Å². The largest absolute Gasteiger partial charge is 0.359 e. The summed E-state index contributed by atoms with van der Waals surface area (Å²) in [6.07, 6.45) is 1.09. The van der Waals surface area contributed by atoms with Crippen molar-refractivity contribution < 1.29 is 0 Å². The first-order chi connectivity index (χ1) is 4.38. The Balaban J connectivity index is 2.47. The van der Waals surface area contributed by atoms with Crippen molar-refractivity contribution in [2.24, 2.45) is 4.99 Å². The lowest BCUT2D eigenvalue weighted by molar-refractivity contribution is 0.476. The lowest BCUT2D eigenvalue weighted by atomic mass is 10.4. The first-order valence-corrected chi connectivity index (χ1v) is 3.66. The van der Waals surface area contributed by atoms with E-state index in [1.807, 2.05) is 0 Å². The van der Waals surface area contributed by atoms with Crippen LogP contribution in [0, 0.1) is 0 Å². The van der Waals surface area contributed by atoms with E-state index in [0.29, 0.717) is 0 Å². The van der Waals surface area contributed by atoms with Gasteiger partial charge in [0.1, 0.15) is 0 Å². The van der Waals surface area contributed by atoms with Gasteiger partial charge in [-0.1, -0.05) is 6.92 Å². The molecule has 0 spiro atoms. The molecule has 0 fully saturated rings. The molecule has 0 N–H and O–H groups in total. The maximum Gasteiger partial charge on any atom is 0.0987 e. The molecule has 0 aromatic carbocycles. The minimum Gasteiger partial charge on any atom is -0.359 e. The van der Waals surface area contributed by atoms with Crippen LogP contribution in [0.2, 0.25) is 0 Å². The Morgan fingerprint density at radius 2 is 2.33 bits per heavy atom. The van der Waals surface area contributed by atoms with Crippen LogP contribution >= 0.6 is 0 Å². The van der Waals surface area contributed by atoms with Gasteiger partial charge in [0.05, 0.1) is 12.4 Å². The van der Waals surface area contributed by atoms with Gasteiger partial charge in [-0.2, -0.15) is 0 Å². The van der Waals surface area contributed by atoms with Gasteiger partial charge < -0.3 is 4.90 Å². The van der Waals surface area contributed by atoms with Crippen LogP contribution in [0.15, 0.2) is 4.99 Å². The topological polar surface area (TPSA) is 15.6 Å². The highest BCUT2D eigenvalue weighted by atomic mass is 15.2. The number of rotatable bonds is 2. The molecule has 0 saturated carbocycles. The fourth-order valence-electron chi connectivity index (χ4n) is 1.20. The summed E-state index contributed by atoms with van der Waals surface area (Å²) in [4.78, 5) is 6.68. The Labute approximate surface area is 56.6 Å². The Bertz CT molecular complexity index is 118. The lowest BCUT2D eigenvalue weighted by Crippen LogP contribution is -2.26. The molecule has 0 saturated heterocycles. The Hall–Kier alpha value is -0.530. The number of hydrogen-bond donors (Lipinski definition) is 0. The van der Waals surface area contributed by atoms with Crippen molar-refractivity contribution in [3.8, 4) is 0 Å². The monoisotopic (exact) mass is 126 g/mol. The van der Waals surface area contributed by atoms with E-state index in [-0.39, 0.29) is 0 Å². The Morgan fingerprint density at radius 3 is 2.78 bits per heavy atom. The fraction of sp³-hybridized carbons (Fsp3) is 0.857. The molecule has 1 aliphatic rings. The van der Waals surface area contributed by atoms with Gasteiger partial charge in [-0.15, -0.1) is 0 Å². The quantitative estimate of drug-likeness (QED) is 0.541. The third-order valence-electron chi connectivity index (χ3n) is 1.73. The number of hydrogen-bond acceptors (Lipinski definition) is 2. The van der Waals surface area contributed by atoms with Crippen molar-refractivity contribution in [2.45, 2.75) is 20.3 Å². The van der Waals surface area contributed by atoms with Crippen molar-refractivity contribution in [1.82, 2.24) is 4.90 Å². The summed E-state index contributed by atoms with van der Waals surface area (Å²) in [5.41, 5.74) is 0. The van der Waals surface area contributed by atoms with Crippen LogP contribution in [0.4, 0.5) is 0 Å². The second kappa shape index (κ2) is 2.85. The second-order valence-electron chi connectivity index (χ2n) is 2.23. The van der Waals surface area contributed by atoms with Crippen LogP contribution in [-0.4, -0.2) is 30.4 Å². The number of amidine groups is 1. The molecule has 0 radical (unpaired) electrons. The molecule has 0 amide bonds. The summed E-state index contributed by atoms with van der Waals surface area (Å²) in [5.74, 6) is 1.29. The molecule has 0 unspecified atom stereocenters. The Morgan fingerprint density at radius 1 is 1.56 bits per heavy atom. The molecular formula is C7H14N2. The van der Waals surface area contributed by atoms with Crippen LogP contribution < -0.4 is 0 Å². The van der Waals surface area contributed by atoms with Crippen LogP contribution in [0.5, 0.6) is 0 Å². The molecular weight excluding hydrogens is 112 g/mol. The molecule has 2 heteroatoms. The maximum atomic E-state index is 4.35. The van der Waals surface area contributed by atoms with E-state index in [1.165, 1.54) is 5.84 Å². The van der Waals surface area contributed by atoms with E-state index >= 15 is 0 Å². The van der Waals surface area contributed by atoms with E-state index in [2.05, 4.69) is 23.7 Å². The summed E-state index contributed by atoms with van der Waals surface area (Å²) in [5, 5.41) is 0. The van der Waals surface area contributed by atoms with Crippen LogP contribution in [0.3, 0.4) is 0 Å². The summed E-state index contributed by atoms with van der Waals surface area (Å²) in [7, 11) is 0. The molecule has 9 heavy (non-hydrogen) atoms. The predicted molar refractivity (Wildman–Crippen MR) is 39.8 cm³/mol. The van der Waals surface area contributed by atoms with Crippen molar-refractivity contribution in [1.29, 1.82) is 0 Å². The SMILES string of the molecule is CCC1=NCCN1CC. The normalized spacial score (nSPS) is 18.4. The summed E-state index contributed by atoms with van der Waals surface area (Å²) >= 11 is 0. The van der Waals surface area contributed by atoms with Crippen molar-refractivity contribution >= 4 is 5.84 Å². The smallest absolute Gasteiger partial charge is 0.0987 e. The highest BCUT2D eigenvalue weighted by molar-refractivity contribution is 5.83. The molecule has 1 rings (SSSR count). The molecule has 0 aliphatic carbocycles. The first-order valence-electron chi connectivity index (χ1n) is 3.66. The van der Waals surface area contributed by atoms with E-state index in [9.17, 15) is 0 Å². The number of aliphatic imine (C=N–C) groups is 1. The molecule has 1 heterocycles. The van der Waals surface area contributed by atoms with Gasteiger partial charge in [0.25, 0.3) is 0 Å². The molecule has 2 nitrogen and oxygen atoms in total. The average molecular weight is 126 g/mol. The molecule has 0 aromatic heterocycles. The van der Waals surface area contributed by atoms with Gasteiger partial charge in [0, 0.05) is 19.5 Å². The summed E-state index contributed by atoms with van der Waals surface area (Å²) in [6.45, 7) is 7.60. The van der Waals surface area contributed by atoms with Crippen LogP contribution in [-0.2, 0) is 0 Å². The van der Waals surface area contributed by atoms with Gasteiger partial charge in [0.15, 0.2) is 0 Å². The highest BCUT2D eigenvalue weighted by Crippen LogP contribution is 2.02. The van der Waals surface area contributed by atoms with E-state index in [4.69, 9.17) is 0 Å². The van der Waals surface area contributed by atoms with Gasteiger partial charge in [-0.25, -0.2) is 0 Å². The fourth-order valence-corrected chi connectivity index (χ4v) is 1.20. The molecule has 0 bridgehead atoms. The molecule has 1 aliphatic heterocycles. The molecule has 0 aromatic rings. The van der Waals surface area contributed by atoms with Gasteiger partial charge in [0.2, 0.25) is 0 Å².